The fourth-order valence-electron chi connectivity index (χ4n) is 3.93. The van der Waals surface area contributed by atoms with Gasteiger partial charge in [0.25, 0.3) is 5.91 Å². The SMILES string of the molecule is Cc1cc(C(=O)N2CCCN(C(=O)C3CCC3)CC2)c2cc(F)ccc2n1. The van der Waals surface area contributed by atoms with Crippen molar-refractivity contribution in [2.75, 3.05) is 26.2 Å². The van der Waals surface area contributed by atoms with Crippen molar-refractivity contribution in [3.05, 3.63) is 41.3 Å². The Hall–Kier alpha value is -2.50. The number of aryl methyl sites for hydroxylation is 1. The van der Waals surface area contributed by atoms with Gasteiger partial charge in [0.2, 0.25) is 5.91 Å². The van der Waals surface area contributed by atoms with Crippen LogP contribution >= 0.6 is 0 Å². The molecule has 1 saturated heterocycles. The number of nitrogens with zero attached hydrogens (tertiary/aromatic N) is 3. The summed E-state index contributed by atoms with van der Waals surface area (Å²) in [5, 5.41) is 0.539. The van der Waals surface area contributed by atoms with Crippen molar-refractivity contribution in [1.29, 1.82) is 0 Å². The van der Waals surface area contributed by atoms with Crippen LogP contribution in [0.1, 0.15) is 41.7 Å². The molecule has 2 aliphatic rings. The highest BCUT2D eigenvalue weighted by molar-refractivity contribution is 6.06. The summed E-state index contributed by atoms with van der Waals surface area (Å²) in [6, 6.07) is 6.07. The van der Waals surface area contributed by atoms with E-state index in [2.05, 4.69) is 4.98 Å². The molecule has 1 aromatic heterocycles. The molecule has 0 spiro atoms. The van der Waals surface area contributed by atoms with Crippen molar-refractivity contribution in [2.24, 2.45) is 5.92 Å². The average molecular weight is 369 g/mol. The second kappa shape index (κ2) is 7.25. The number of benzene rings is 1. The Morgan fingerprint density at radius 2 is 1.78 bits per heavy atom. The smallest absolute Gasteiger partial charge is 0.254 e. The predicted octanol–water partition coefficient (Wildman–Crippen LogP) is 3.16. The molecule has 5 nitrogen and oxygen atoms in total. The van der Waals surface area contributed by atoms with E-state index in [4.69, 9.17) is 0 Å². The Morgan fingerprint density at radius 3 is 2.52 bits per heavy atom. The average Bonchev–Trinajstić information content (AvgIpc) is 2.85. The molecule has 142 valence electrons. The first-order valence-electron chi connectivity index (χ1n) is 9.68. The maximum Gasteiger partial charge on any atom is 0.254 e. The molecule has 1 aliphatic carbocycles. The Balaban J connectivity index is 1.55. The number of carbonyl (C=O) groups is 2. The molecule has 2 aromatic rings. The lowest BCUT2D eigenvalue weighted by molar-refractivity contribution is -0.138. The standard InChI is InChI=1S/C21H24FN3O2/c1-14-12-18(17-13-16(22)6-7-19(17)23-14)21(27)25-9-3-8-24(10-11-25)20(26)15-4-2-5-15/h6-7,12-13,15H,2-5,8-11H2,1H3. The third-order valence-corrected chi connectivity index (χ3v) is 5.68. The van der Waals surface area contributed by atoms with Gasteiger partial charge in [-0.05, 0) is 50.5 Å². The van der Waals surface area contributed by atoms with Crippen LogP contribution in [0.4, 0.5) is 4.39 Å². The number of halogens is 1. The summed E-state index contributed by atoms with van der Waals surface area (Å²) in [5.41, 5.74) is 1.83. The van der Waals surface area contributed by atoms with E-state index in [0.29, 0.717) is 42.6 Å². The first-order chi connectivity index (χ1) is 13.0. The maximum absolute atomic E-state index is 13.7. The van der Waals surface area contributed by atoms with Gasteiger partial charge in [-0.3, -0.25) is 14.6 Å². The van der Waals surface area contributed by atoms with E-state index in [0.717, 1.165) is 31.4 Å². The van der Waals surface area contributed by atoms with E-state index in [9.17, 15) is 14.0 Å². The van der Waals surface area contributed by atoms with Gasteiger partial charge < -0.3 is 9.80 Å². The zero-order chi connectivity index (χ0) is 19.0. The highest BCUT2D eigenvalue weighted by atomic mass is 19.1. The van der Waals surface area contributed by atoms with E-state index >= 15 is 0 Å². The Labute approximate surface area is 158 Å². The van der Waals surface area contributed by atoms with Gasteiger partial charge in [-0.1, -0.05) is 6.42 Å². The summed E-state index contributed by atoms with van der Waals surface area (Å²) < 4.78 is 13.7. The number of aromatic nitrogens is 1. The molecular formula is C21H24FN3O2. The number of rotatable bonds is 2. The molecule has 0 radical (unpaired) electrons. The summed E-state index contributed by atoms with van der Waals surface area (Å²) in [4.78, 5) is 33.8. The fraction of sp³-hybridized carbons (Fsp3) is 0.476. The van der Waals surface area contributed by atoms with Crippen molar-refractivity contribution in [3.63, 3.8) is 0 Å². The predicted molar refractivity (Wildman–Crippen MR) is 101 cm³/mol. The third-order valence-electron chi connectivity index (χ3n) is 5.68. The summed E-state index contributed by atoms with van der Waals surface area (Å²) in [6.45, 7) is 4.21. The second-order valence-corrected chi connectivity index (χ2v) is 7.57. The van der Waals surface area contributed by atoms with Crippen LogP contribution in [0, 0.1) is 18.7 Å². The lowest BCUT2D eigenvalue weighted by atomic mass is 9.84. The molecule has 6 heteroatoms. The van der Waals surface area contributed by atoms with E-state index < -0.39 is 0 Å². The third kappa shape index (κ3) is 3.53. The van der Waals surface area contributed by atoms with Crippen molar-refractivity contribution in [1.82, 2.24) is 14.8 Å². The molecule has 2 heterocycles. The van der Waals surface area contributed by atoms with Gasteiger partial charge in [-0.25, -0.2) is 4.39 Å². The molecular weight excluding hydrogens is 345 g/mol. The summed E-state index contributed by atoms with van der Waals surface area (Å²) >= 11 is 0. The lowest BCUT2D eigenvalue weighted by Crippen LogP contribution is -2.41. The topological polar surface area (TPSA) is 53.5 Å². The number of fused-ring (bicyclic) bond motifs is 1. The minimum atomic E-state index is -0.379. The van der Waals surface area contributed by atoms with Gasteiger partial charge in [-0.15, -0.1) is 0 Å². The van der Waals surface area contributed by atoms with Crippen LogP contribution in [0.3, 0.4) is 0 Å². The van der Waals surface area contributed by atoms with Crippen LogP contribution in [0.5, 0.6) is 0 Å². The molecule has 4 rings (SSSR count). The van der Waals surface area contributed by atoms with E-state index in [1.807, 2.05) is 11.8 Å². The Bertz CT molecular complexity index is 894. The number of hydrogen-bond donors (Lipinski definition) is 0. The van der Waals surface area contributed by atoms with Crippen LogP contribution < -0.4 is 0 Å². The summed E-state index contributed by atoms with van der Waals surface area (Å²) in [6.07, 6.45) is 3.89. The van der Waals surface area contributed by atoms with Crippen LogP contribution in [-0.2, 0) is 4.79 Å². The summed E-state index contributed by atoms with van der Waals surface area (Å²) in [5.74, 6) is -0.0748. The number of carbonyl (C=O) groups excluding carboxylic acids is 2. The lowest BCUT2D eigenvalue weighted by Gasteiger charge is -2.31. The molecule has 0 atom stereocenters. The van der Waals surface area contributed by atoms with Gasteiger partial charge >= 0.3 is 0 Å². The monoisotopic (exact) mass is 369 g/mol. The zero-order valence-electron chi connectivity index (χ0n) is 15.6. The first-order valence-corrected chi connectivity index (χ1v) is 9.68. The van der Waals surface area contributed by atoms with Crippen LogP contribution in [0.15, 0.2) is 24.3 Å². The Kier molecular flexibility index (Phi) is 4.81. The van der Waals surface area contributed by atoms with Gasteiger partial charge in [0, 0.05) is 43.2 Å². The fourth-order valence-corrected chi connectivity index (χ4v) is 3.93. The molecule has 0 unspecified atom stereocenters. The minimum absolute atomic E-state index is 0.117. The van der Waals surface area contributed by atoms with Crippen LogP contribution in [0.2, 0.25) is 0 Å². The largest absolute Gasteiger partial charge is 0.341 e. The molecule has 27 heavy (non-hydrogen) atoms. The highest BCUT2D eigenvalue weighted by Crippen LogP contribution is 2.29. The van der Waals surface area contributed by atoms with Gasteiger partial charge in [0.15, 0.2) is 0 Å². The molecule has 0 N–H and O–H groups in total. The molecule has 1 aliphatic heterocycles. The number of amides is 2. The number of pyridine rings is 1. The van der Waals surface area contributed by atoms with E-state index in [1.165, 1.54) is 12.1 Å². The van der Waals surface area contributed by atoms with Gasteiger partial charge in [0.05, 0.1) is 11.1 Å². The highest BCUT2D eigenvalue weighted by Gasteiger charge is 2.31. The van der Waals surface area contributed by atoms with Crippen molar-refractivity contribution >= 4 is 22.7 Å². The maximum atomic E-state index is 13.7. The van der Waals surface area contributed by atoms with Gasteiger partial charge in [0.1, 0.15) is 5.82 Å². The van der Waals surface area contributed by atoms with E-state index in [1.54, 1.807) is 17.0 Å². The van der Waals surface area contributed by atoms with Crippen molar-refractivity contribution < 1.29 is 14.0 Å². The molecule has 0 bridgehead atoms. The van der Waals surface area contributed by atoms with Gasteiger partial charge in [-0.2, -0.15) is 0 Å². The summed E-state index contributed by atoms with van der Waals surface area (Å²) in [7, 11) is 0. The minimum Gasteiger partial charge on any atom is -0.341 e. The molecule has 2 amide bonds. The molecule has 2 fully saturated rings. The zero-order valence-corrected chi connectivity index (χ0v) is 15.6. The molecule has 1 aromatic carbocycles. The first kappa shape index (κ1) is 17.9. The van der Waals surface area contributed by atoms with Crippen molar-refractivity contribution in [2.45, 2.75) is 32.6 Å². The van der Waals surface area contributed by atoms with Crippen LogP contribution in [-0.4, -0.2) is 52.8 Å². The number of hydrogen-bond acceptors (Lipinski definition) is 3. The van der Waals surface area contributed by atoms with Crippen molar-refractivity contribution in [3.8, 4) is 0 Å². The molecule has 1 saturated carbocycles. The second-order valence-electron chi connectivity index (χ2n) is 7.57. The normalized spacial score (nSPS) is 18.3. The van der Waals surface area contributed by atoms with E-state index in [-0.39, 0.29) is 23.5 Å². The quantitative estimate of drug-likeness (QED) is 0.817. The Morgan fingerprint density at radius 1 is 1.04 bits per heavy atom. The van der Waals surface area contributed by atoms with Crippen LogP contribution in [0.25, 0.3) is 10.9 Å².